The molecule has 5 aliphatic carbocycles. The van der Waals surface area contributed by atoms with Crippen LogP contribution in [0.25, 0.3) is 6.08 Å². The van der Waals surface area contributed by atoms with Crippen molar-refractivity contribution in [1.29, 1.82) is 0 Å². The van der Waals surface area contributed by atoms with E-state index in [-0.39, 0.29) is 56.5 Å². The molecule has 1 aromatic rings. The second-order valence-electron chi connectivity index (χ2n) is 17.8. The first kappa shape index (κ1) is 33.3. The fourth-order valence-electron chi connectivity index (χ4n) is 12.1. The highest BCUT2D eigenvalue weighted by molar-refractivity contribution is 5.87. The molecule has 46 heavy (non-hydrogen) atoms. The fourth-order valence-corrected chi connectivity index (χ4v) is 12.1. The van der Waals surface area contributed by atoms with Crippen molar-refractivity contribution in [3.8, 4) is 5.75 Å². The number of allylic oxidation sites excluding steroid dienone is 2. The Morgan fingerprint density at radius 2 is 1.52 bits per heavy atom. The van der Waals surface area contributed by atoms with E-state index < -0.39 is 0 Å². The highest BCUT2D eigenvalue weighted by Gasteiger charge is 2.69. The van der Waals surface area contributed by atoms with E-state index in [1.54, 1.807) is 25.9 Å². The van der Waals surface area contributed by atoms with Crippen molar-refractivity contribution < 1.29 is 23.8 Å². The Kier molecular flexibility index (Phi) is 8.16. The molecule has 0 amide bonds. The van der Waals surface area contributed by atoms with E-state index in [2.05, 4.69) is 54.5 Å². The Morgan fingerprint density at radius 3 is 2.20 bits per heavy atom. The SMILES string of the molecule is COC(=O)[C@]12CCC(C)(C)C[C@H]1C1=CC[C@@H]3[C@@]4(C)CC[C@H](OC(=O)/C=C\c5ccc(OC)cc5)C(C)(C)[C@@H]4CC[C@@]3(C)[C@]1(C)CC2. The molecule has 0 radical (unpaired) electrons. The van der Waals surface area contributed by atoms with Gasteiger partial charge in [-0.25, -0.2) is 4.79 Å². The van der Waals surface area contributed by atoms with Crippen molar-refractivity contribution >= 4 is 18.0 Å². The topological polar surface area (TPSA) is 61.8 Å². The van der Waals surface area contributed by atoms with E-state index >= 15 is 0 Å². The van der Waals surface area contributed by atoms with E-state index in [4.69, 9.17) is 14.2 Å². The Morgan fingerprint density at radius 1 is 0.826 bits per heavy atom. The summed E-state index contributed by atoms with van der Waals surface area (Å²) in [6.45, 7) is 17.2. The lowest BCUT2D eigenvalue weighted by Crippen LogP contribution is -2.65. The molecule has 5 heteroatoms. The molecule has 6 rings (SSSR count). The number of benzene rings is 1. The lowest BCUT2D eigenvalue weighted by Gasteiger charge is -2.71. The summed E-state index contributed by atoms with van der Waals surface area (Å²) in [6.07, 6.45) is 16.4. The number of methoxy groups -OCH3 is 2. The molecule has 0 aliphatic heterocycles. The molecular weight excluding hydrogens is 572 g/mol. The molecule has 5 nitrogen and oxygen atoms in total. The van der Waals surface area contributed by atoms with Crippen LogP contribution in [0.4, 0.5) is 0 Å². The number of rotatable bonds is 5. The van der Waals surface area contributed by atoms with Gasteiger partial charge < -0.3 is 14.2 Å². The van der Waals surface area contributed by atoms with E-state index in [1.807, 2.05) is 30.3 Å². The molecule has 4 saturated carbocycles. The van der Waals surface area contributed by atoms with Gasteiger partial charge in [0, 0.05) is 11.5 Å². The maximum atomic E-state index is 13.5. The third-order valence-electron chi connectivity index (χ3n) is 15.0. The van der Waals surface area contributed by atoms with E-state index in [0.29, 0.717) is 11.8 Å². The zero-order valence-electron chi connectivity index (χ0n) is 30.0. The van der Waals surface area contributed by atoms with Crippen LogP contribution in [0.3, 0.4) is 0 Å². The van der Waals surface area contributed by atoms with Crippen LogP contribution in [0.5, 0.6) is 5.75 Å². The van der Waals surface area contributed by atoms with Gasteiger partial charge in [-0.2, -0.15) is 0 Å². The Labute approximate surface area is 277 Å². The lowest BCUT2D eigenvalue weighted by molar-refractivity contribution is -0.212. The van der Waals surface area contributed by atoms with Crippen molar-refractivity contribution in [3.63, 3.8) is 0 Å². The summed E-state index contributed by atoms with van der Waals surface area (Å²) >= 11 is 0. The van der Waals surface area contributed by atoms with Crippen LogP contribution in [-0.2, 0) is 19.1 Å². The zero-order valence-corrected chi connectivity index (χ0v) is 30.0. The van der Waals surface area contributed by atoms with E-state index in [0.717, 1.165) is 69.1 Å². The third-order valence-corrected chi connectivity index (χ3v) is 15.0. The van der Waals surface area contributed by atoms with Crippen molar-refractivity contribution in [2.45, 2.75) is 119 Å². The Bertz CT molecular complexity index is 1420. The van der Waals surface area contributed by atoms with Crippen molar-refractivity contribution in [1.82, 2.24) is 0 Å². The molecule has 0 bridgehead atoms. The number of hydrogen-bond acceptors (Lipinski definition) is 5. The Balaban J connectivity index is 1.25. The largest absolute Gasteiger partial charge is 0.497 e. The smallest absolute Gasteiger partial charge is 0.331 e. The zero-order chi connectivity index (χ0) is 33.3. The summed E-state index contributed by atoms with van der Waals surface area (Å²) in [5, 5.41) is 0. The van der Waals surface area contributed by atoms with Crippen LogP contribution >= 0.6 is 0 Å². The van der Waals surface area contributed by atoms with E-state index in [1.165, 1.54) is 6.42 Å². The number of carbonyl (C=O) groups is 2. The van der Waals surface area contributed by atoms with Gasteiger partial charge in [-0.3, -0.25) is 4.79 Å². The standard InChI is InChI=1S/C41H58O5/c1-36(2)22-24-41(35(43)45-9)25-23-39(6)29(30(41)26-36)15-16-32-38(5)20-19-33(37(3,4)31(38)18-21-40(32,39)7)46-34(42)17-12-27-10-13-28(44-8)14-11-27/h10-15,17,30-33H,16,18-26H2,1-9H3/b17-12-/t30-,31-,32+,33-,38-,39+,40+,41-/m0/s1. The van der Waals surface area contributed by atoms with Crippen molar-refractivity contribution in [2.75, 3.05) is 14.2 Å². The molecule has 0 saturated heterocycles. The summed E-state index contributed by atoms with van der Waals surface area (Å²) in [6, 6.07) is 7.68. The third kappa shape index (κ3) is 4.91. The maximum absolute atomic E-state index is 13.5. The van der Waals surface area contributed by atoms with Gasteiger partial charge in [0.05, 0.1) is 19.6 Å². The fraction of sp³-hybridized carbons (Fsp3) is 0.707. The molecule has 8 atom stereocenters. The van der Waals surface area contributed by atoms with Gasteiger partial charge in [0.25, 0.3) is 0 Å². The van der Waals surface area contributed by atoms with Crippen LogP contribution in [0.2, 0.25) is 0 Å². The molecule has 1 aromatic carbocycles. The highest BCUT2D eigenvalue weighted by Crippen LogP contribution is 2.76. The number of esters is 2. The van der Waals surface area contributed by atoms with Gasteiger partial charge in [0.1, 0.15) is 11.9 Å². The minimum absolute atomic E-state index is 0.0207. The van der Waals surface area contributed by atoms with Gasteiger partial charge in [-0.15, -0.1) is 0 Å². The van der Waals surface area contributed by atoms with Crippen LogP contribution in [0.1, 0.15) is 118 Å². The van der Waals surface area contributed by atoms with Crippen LogP contribution in [0, 0.1) is 50.2 Å². The summed E-state index contributed by atoms with van der Waals surface area (Å²) in [7, 11) is 3.24. The molecule has 0 spiro atoms. The molecule has 0 unspecified atom stereocenters. The predicted molar refractivity (Wildman–Crippen MR) is 183 cm³/mol. The molecule has 5 aliphatic rings. The summed E-state index contributed by atoms with van der Waals surface area (Å²) < 4.78 is 17.0. The molecule has 0 aromatic heterocycles. The summed E-state index contributed by atoms with van der Waals surface area (Å²) in [5.41, 5.74) is 2.64. The molecule has 0 heterocycles. The lowest BCUT2D eigenvalue weighted by atomic mass is 9.33. The minimum atomic E-state index is -0.369. The number of carbonyl (C=O) groups excluding carboxylic acids is 2. The average Bonchev–Trinajstić information content (AvgIpc) is 3.01. The van der Waals surface area contributed by atoms with Crippen molar-refractivity contribution in [2.24, 2.45) is 50.2 Å². The minimum Gasteiger partial charge on any atom is -0.497 e. The monoisotopic (exact) mass is 630 g/mol. The van der Waals surface area contributed by atoms with Crippen LogP contribution in [-0.4, -0.2) is 32.3 Å². The normalized spacial score (nSPS) is 40.8. The first-order valence-corrected chi connectivity index (χ1v) is 17.9. The van der Waals surface area contributed by atoms with Crippen molar-refractivity contribution in [3.05, 3.63) is 47.6 Å². The molecule has 4 fully saturated rings. The van der Waals surface area contributed by atoms with E-state index in [9.17, 15) is 9.59 Å². The second-order valence-corrected chi connectivity index (χ2v) is 17.8. The molecule has 0 N–H and O–H groups in total. The molecule has 252 valence electrons. The van der Waals surface area contributed by atoms with Gasteiger partial charge in [0.15, 0.2) is 0 Å². The summed E-state index contributed by atoms with van der Waals surface area (Å²) in [4.78, 5) is 26.6. The first-order valence-electron chi connectivity index (χ1n) is 17.9. The quantitative estimate of drug-likeness (QED) is 0.184. The van der Waals surface area contributed by atoms with Gasteiger partial charge in [-0.05, 0) is 127 Å². The van der Waals surface area contributed by atoms with Crippen LogP contribution < -0.4 is 4.74 Å². The number of ether oxygens (including phenoxy) is 3. The molecular formula is C41H58O5. The Hall–Kier alpha value is -2.56. The highest BCUT2D eigenvalue weighted by atomic mass is 16.5. The van der Waals surface area contributed by atoms with Crippen LogP contribution in [0.15, 0.2) is 42.0 Å². The van der Waals surface area contributed by atoms with Gasteiger partial charge >= 0.3 is 11.9 Å². The maximum Gasteiger partial charge on any atom is 0.331 e. The average molecular weight is 631 g/mol. The summed E-state index contributed by atoms with van der Waals surface area (Å²) in [5.74, 6) is 1.85. The number of fused-ring (bicyclic) bond motifs is 7. The number of hydrogen-bond donors (Lipinski definition) is 0. The first-order chi connectivity index (χ1) is 21.6. The van der Waals surface area contributed by atoms with Gasteiger partial charge in [-0.1, -0.05) is 72.2 Å². The second kappa shape index (κ2) is 11.3. The predicted octanol–water partition coefficient (Wildman–Crippen LogP) is 9.59. The van der Waals surface area contributed by atoms with Gasteiger partial charge in [0.2, 0.25) is 0 Å².